The molecule has 0 fully saturated rings. The van der Waals surface area contributed by atoms with Gasteiger partial charge < -0.3 is 14.6 Å². The zero-order chi connectivity index (χ0) is 28.3. The maximum Gasteiger partial charge on any atom is 0.331 e. The van der Waals surface area contributed by atoms with Gasteiger partial charge in [0, 0.05) is 23.3 Å². The quantitative estimate of drug-likeness (QED) is 0.253. The number of carbonyl (C=O) groups excluding carboxylic acids is 2. The van der Waals surface area contributed by atoms with Gasteiger partial charge in [-0.15, -0.1) is 0 Å². The van der Waals surface area contributed by atoms with Crippen LogP contribution >= 0.6 is 23.2 Å². The Morgan fingerprint density at radius 2 is 1.73 bits per heavy atom. The number of hydrogen-bond acceptors (Lipinski definition) is 6. The molecule has 6 rings (SSSR count). The molecule has 2 aromatic carbocycles. The summed E-state index contributed by atoms with van der Waals surface area (Å²) in [4.78, 5) is 29.3. The first-order chi connectivity index (χ1) is 19.2. The third kappa shape index (κ3) is 4.09. The van der Waals surface area contributed by atoms with Crippen molar-refractivity contribution in [3.63, 3.8) is 0 Å². The molecule has 9 nitrogen and oxygen atoms in total. The number of rotatable bonds is 5. The fraction of sp³-hybridized carbons (Fsp3) is 0.172. The van der Waals surface area contributed by atoms with E-state index in [1.165, 1.54) is 10.7 Å². The van der Waals surface area contributed by atoms with E-state index in [0.29, 0.717) is 27.9 Å². The first-order valence-corrected chi connectivity index (χ1v) is 13.2. The first kappa shape index (κ1) is 25.9. The molecular formula is C29H22Cl2N4O5. The second kappa shape index (κ2) is 9.69. The molecule has 0 bridgehead atoms. The Morgan fingerprint density at radius 1 is 0.975 bits per heavy atom. The highest BCUT2D eigenvalue weighted by molar-refractivity contribution is 6.53. The van der Waals surface area contributed by atoms with Crippen molar-refractivity contribution in [1.29, 1.82) is 0 Å². The molecule has 2 aliphatic rings. The third-order valence-electron chi connectivity index (χ3n) is 6.70. The minimum Gasteiger partial charge on any atom is -0.858 e. The van der Waals surface area contributed by atoms with Crippen LogP contribution in [0.4, 0.5) is 5.69 Å². The Morgan fingerprint density at radius 3 is 2.45 bits per heavy atom. The van der Waals surface area contributed by atoms with Crippen LogP contribution in [0, 0.1) is 6.92 Å². The Labute approximate surface area is 239 Å². The third-order valence-corrected chi connectivity index (χ3v) is 7.43. The number of anilines is 1. The maximum atomic E-state index is 14.2. The average Bonchev–Trinajstić information content (AvgIpc) is 3.59. The van der Waals surface area contributed by atoms with Crippen LogP contribution in [0.5, 0.6) is 17.4 Å². The highest BCUT2D eigenvalue weighted by Crippen LogP contribution is 2.43. The van der Waals surface area contributed by atoms with Crippen LogP contribution in [-0.4, -0.2) is 28.4 Å². The summed E-state index contributed by atoms with van der Waals surface area (Å²) in [5, 5.41) is 19.2. The molecule has 0 spiro atoms. The topological polar surface area (TPSA) is 101 Å². The fourth-order valence-corrected chi connectivity index (χ4v) is 5.12. The number of ether oxygens (including phenoxy) is 2. The average molecular weight is 577 g/mol. The van der Waals surface area contributed by atoms with Crippen LogP contribution in [0.3, 0.4) is 0 Å². The Kier molecular flexibility index (Phi) is 6.28. The van der Waals surface area contributed by atoms with E-state index in [0.717, 1.165) is 10.5 Å². The van der Waals surface area contributed by atoms with Gasteiger partial charge in [-0.1, -0.05) is 37.0 Å². The molecule has 0 saturated heterocycles. The fourth-order valence-electron chi connectivity index (χ4n) is 4.82. The maximum absolute atomic E-state index is 14.2. The molecule has 4 heterocycles. The number of nitrogens with zero attached hydrogens (tertiary/aromatic N) is 4. The molecule has 0 N–H and O–H groups in total. The number of benzene rings is 2. The van der Waals surface area contributed by atoms with Crippen LogP contribution in [0.1, 0.15) is 36.6 Å². The lowest BCUT2D eigenvalue weighted by atomic mass is 9.98. The minimum atomic E-state index is -0.652. The summed E-state index contributed by atoms with van der Waals surface area (Å²) >= 11 is 12.3. The van der Waals surface area contributed by atoms with Crippen molar-refractivity contribution in [2.24, 2.45) is 0 Å². The van der Waals surface area contributed by atoms with E-state index in [1.807, 2.05) is 26.8 Å². The number of fused-ring (bicyclic) bond motifs is 1. The number of aromatic nitrogens is 3. The van der Waals surface area contributed by atoms with Gasteiger partial charge in [0.1, 0.15) is 5.57 Å². The van der Waals surface area contributed by atoms with Crippen LogP contribution in [-0.2, 0) is 9.59 Å². The highest BCUT2D eigenvalue weighted by Gasteiger charge is 2.48. The zero-order valence-electron chi connectivity index (χ0n) is 21.6. The molecule has 0 aliphatic carbocycles. The van der Waals surface area contributed by atoms with Gasteiger partial charge in [-0.05, 0) is 55.1 Å². The first-order valence-electron chi connectivity index (χ1n) is 12.4. The second-order valence-electron chi connectivity index (χ2n) is 9.73. The molecule has 11 heteroatoms. The normalized spacial score (nSPS) is 14.7. The smallest absolute Gasteiger partial charge is 0.331 e. The highest BCUT2D eigenvalue weighted by atomic mass is 35.5. The number of aryl methyl sites for hydroxylation is 1. The monoisotopic (exact) mass is 576 g/mol. The zero-order valence-corrected chi connectivity index (χ0v) is 23.2. The summed E-state index contributed by atoms with van der Waals surface area (Å²) in [6.45, 7) is 5.64. The number of carbonyl (C=O) groups is 2. The molecule has 2 aromatic heterocycles. The predicted molar refractivity (Wildman–Crippen MR) is 147 cm³/mol. The molecule has 0 saturated carbocycles. The van der Waals surface area contributed by atoms with Gasteiger partial charge in [0.25, 0.3) is 11.6 Å². The number of pyridine rings is 1. The molecule has 2 amide bonds. The van der Waals surface area contributed by atoms with Crippen molar-refractivity contribution < 1.29 is 28.7 Å². The summed E-state index contributed by atoms with van der Waals surface area (Å²) in [6.07, 6.45) is 3.39. The van der Waals surface area contributed by atoms with Gasteiger partial charge in [-0.2, -0.15) is 9.67 Å². The second-order valence-corrected chi connectivity index (χ2v) is 10.5. The molecule has 4 aromatic rings. The minimum absolute atomic E-state index is 0.0408. The summed E-state index contributed by atoms with van der Waals surface area (Å²) in [7, 11) is 0. The molecule has 0 atom stereocenters. The lowest BCUT2D eigenvalue weighted by molar-refractivity contribution is -0.577. The van der Waals surface area contributed by atoms with Crippen LogP contribution in [0.25, 0.3) is 17.0 Å². The lowest BCUT2D eigenvalue weighted by Crippen LogP contribution is -2.39. The van der Waals surface area contributed by atoms with Crippen molar-refractivity contribution >= 4 is 52.0 Å². The van der Waals surface area contributed by atoms with Gasteiger partial charge in [0.15, 0.2) is 23.9 Å². The Bertz CT molecular complexity index is 1760. The molecule has 0 unspecified atom stereocenters. The van der Waals surface area contributed by atoms with Gasteiger partial charge >= 0.3 is 5.91 Å². The van der Waals surface area contributed by atoms with E-state index in [2.05, 4.69) is 5.10 Å². The van der Waals surface area contributed by atoms with E-state index >= 15 is 0 Å². The number of hydrogen-bond donors (Lipinski definition) is 0. The van der Waals surface area contributed by atoms with Gasteiger partial charge in [-0.3, -0.25) is 9.59 Å². The summed E-state index contributed by atoms with van der Waals surface area (Å²) < 4.78 is 13.6. The Balaban J connectivity index is 1.59. The van der Waals surface area contributed by atoms with Gasteiger partial charge in [0.05, 0.1) is 27.1 Å². The summed E-state index contributed by atoms with van der Waals surface area (Å²) in [5.74, 6) is -1.14. The standard InChI is InChI=1S/C29H22Cl2N4O5/c1-15(2)25-23(28(37)35(32-25)18-6-8-19(30)20(31)11-18)24-26(33-10-4-5-16(3)13-33)29(38)34(27(24)36)17-7-9-21-22(12-17)40-14-39-21/h4-13,15H,14H2,1-3H3. The van der Waals surface area contributed by atoms with Crippen molar-refractivity contribution in [3.05, 3.63) is 87.8 Å². The molecule has 2 aliphatic heterocycles. The van der Waals surface area contributed by atoms with Crippen LogP contribution in [0.15, 0.2) is 60.9 Å². The van der Waals surface area contributed by atoms with E-state index in [-0.39, 0.29) is 40.3 Å². The SMILES string of the molecule is Cc1ccc[n+](C2=C(c3c(C(C)C)nn(-c4ccc(Cl)c(Cl)c4)c3[O-])C(=O)N(c3ccc4c(c3)OCO4)C2=O)c1. The molecule has 40 heavy (non-hydrogen) atoms. The van der Waals surface area contributed by atoms with Gasteiger partial charge in [-0.25, -0.2) is 9.58 Å². The molecule has 202 valence electrons. The Hall–Kier alpha value is -4.34. The van der Waals surface area contributed by atoms with Crippen LogP contribution < -0.4 is 24.0 Å². The van der Waals surface area contributed by atoms with Crippen molar-refractivity contribution in [2.45, 2.75) is 26.7 Å². The van der Waals surface area contributed by atoms with Gasteiger partial charge in [0.2, 0.25) is 6.79 Å². The van der Waals surface area contributed by atoms with E-state index < -0.39 is 17.7 Å². The van der Waals surface area contributed by atoms with Crippen molar-refractivity contribution in [1.82, 2.24) is 9.78 Å². The van der Waals surface area contributed by atoms with E-state index in [4.69, 9.17) is 32.7 Å². The lowest BCUT2D eigenvalue weighted by Gasteiger charge is -2.16. The largest absolute Gasteiger partial charge is 0.858 e. The van der Waals surface area contributed by atoms with E-state index in [9.17, 15) is 14.7 Å². The number of halogens is 2. The number of amides is 2. The summed E-state index contributed by atoms with van der Waals surface area (Å²) in [6, 6.07) is 13.1. The van der Waals surface area contributed by atoms with Crippen molar-refractivity contribution in [3.8, 4) is 23.1 Å². The summed E-state index contributed by atoms with van der Waals surface area (Å²) in [5.41, 5.74) is 1.93. The molecular weight excluding hydrogens is 555 g/mol. The van der Waals surface area contributed by atoms with Crippen molar-refractivity contribution in [2.75, 3.05) is 11.7 Å². The number of imide groups is 1. The molecule has 0 radical (unpaired) electrons. The van der Waals surface area contributed by atoms with Crippen LogP contribution in [0.2, 0.25) is 10.0 Å². The van der Waals surface area contributed by atoms with E-state index in [1.54, 1.807) is 53.4 Å². The predicted octanol–water partition coefficient (Wildman–Crippen LogP) is 4.64.